The molecule has 0 aliphatic carbocycles. The van der Waals surface area contributed by atoms with Crippen LogP contribution in [-0.4, -0.2) is 28.8 Å². The number of anilines is 1. The van der Waals surface area contributed by atoms with Gasteiger partial charge in [0.1, 0.15) is 11.8 Å². The van der Waals surface area contributed by atoms with E-state index in [0.29, 0.717) is 6.42 Å². The second kappa shape index (κ2) is 3.81. The molecule has 4 heteroatoms. The van der Waals surface area contributed by atoms with Crippen molar-refractivity contribution >= 4 is 11.7 Å². The van der Waals surface area contributed by atoms with Crippen LogP contribution < -0.4 is 4.90 Å². The van der Waals surface area contributed by atoms with E-state index in [1.54, 1.807) is 24.3 Å². The first-order valence-corrected chi connectivity index (χ1v) is 4.97. The van der Waals surface area contributed by atoms with Crippen LogP contribution in [0.5, 0.6) is 5.75 Å². The average Bonchev–Trinajstić information content (AvgIpc) is 2.67. The molecule has 1 atom stereocenters. The van der Waals surface area contributed by atoms with E-state index in [0.717, 1.165) is 18.7 Å². The summed E-state index contributed by atoms with van der Waals surface area (Å²) in [4.78, 5) is 12.8. The molecule has 0 saturated carbocycles. The molecule has 0 radical (unpaired) electrons. The first kappa shape index (κ1) is 9.83. The van der Waals surface area contributed by atoms with E-state index in [2.05, 4.69) is 0 Å². The summed E-state index contributed by atoms with van der Waals surface area (Å²) in [5.41, 5.74) is 0.859. The number of carboxylic acids is 1. The van der Waals surface area contributed by atoms with E-state index in [1.165, 1.54) is 0 Å². The van der Waals surface area contributed by atoms with Crippen molar-refractivity contribution < 1.29 is 15.0 Å². The van der Waals surface area contributed by atoms with Crippen LogP contribution in [0.15, 0.2) is 24.3 Å². The first-order valence-electron chi connectivity index (χ1n) is 4.97. The quantitative estimate of drug-likeness (QED) is 0.770. The van der Waals surface area contributed by atoms with Crippen LogP contribution in [0.2, 0.25) is 0 Å². The number of rotatable bonds is 2. The van der Waals surface area contributed by atoms with Crippen molar-refractivity contribution in [2.75, 3.05) is 11.4 Å². The van der Waals surface area contributed by atoms with E-state index >= 15 is 0 Å². The summed E-state index contributed by atoms with van der Waals surface area (Å²) >= 11 is 0. The molecular weight excluding hydrogens is 194 g/mol. The summed E-state index contributed by atoms with van der Waals surface area (Å²) < 4.78 is 0. The maximum atomic E-state index is 11.0. The van der Waals surface area contributed by atoms with Gasteiger partial charge in [-0.2, -0.15) is 0 Å². The summed E-state index contributed by atoms with van der Waals surface area (Å²) in [7, 11) is 0. The van der Waals surface area contributed by atoms with E-state index < -0.39 is 12.0 Å². The molecule has 1 saturated heterocycles. The maximum Gasteiger partial charge on any atom is 0.326 e. The molecule has 4 nitrogen and oxygen atoms in total. The molecule has 15 heavy (non-hydrogen) atoms. The minimum atomic E-state index is -0.777. The monoisotopic (exact) mass is 207 g/mol. The number of hydrogen-bond donors (Lipinski definition) is 2. The zero-order valence-corrected chi connectivity index (χ0v) is 8.26. The molecule has 2 N–H and O–H groups in total. The molecule has 0 bridgehead atoms. The van der Waals surface area contributed by atoms with Gasteiger partial charge in [-0.3, -0.25) is 0 Å². The Morgan fingerprint density at radius 2 is 2.00 bits per heavy atom. The largest absolute Gasteiger partial charge is 0.508 e. The summed E-state index contributed by atoms with van der Waals surface area (Å²) in [6.07, 6.45) is 1.59. The lowest BCUT2D eigenvalue weighted by Crippen LogP contribution is -2.35. The fourth-order valence-corrected chi connectivity index (χ4v) is 1.98. The van der Waals surface area contributed by atoms with Gasteiger partial charge >= 0.3 is 5.97 Å². The fraction of sp³-hybridized carbons (Fsp3) is 0.364. The highest BCUT2D eigenvalue weighted by molar-refractivity contribution is 5.79. The predicted molar refractivity (Wildman–Crippen MR) is 56.1 cm³/mol. The third kappa shape index (κ3) is 1.88. The normalized spacial score (nSPS) is 20.5. The number of phenolic OH excluding ortho intramolecular Hbond substituents is 1. The molecule has 0 aromatic heterocycles. The fourth-order valence-electron chi connectivity index (χ4n) is 1.98. The number of phenols is 1. The Labute approximate surface area is 87.8 Å². The van der Waals surface area contributed by atoms with Crippen LogP contribution in [0.1, 0.15) is 12.8 Å². The van der Waals surface area contributed by atoms with E-state index in [9.17, 15) is 4.79 Å². The molecule has 0 unspecified atom stereocenters. The minimum Gasteiger partial charge on any atom is -0.508 e. The molecule has 1 aromatic rings. The van der Waals surface area contributed by atoms with Crippen LogP contribution in [0, 0.1) is 0 Å². The van der Waals surface area contributed by atoms with Gasteiger partial charge in [-0.25, -0.2) is 4.79 Å². The Hall–Kier alpha value is -1.71. The summed E-state index contributed by atoms with van der Waals surface area (Å²) in [6.45, 7) is 0.766. The topological polar surface area (TPSA) is 60.8 Å². The van der Waals surface area contributed by atoms with Crippen molar-refractivity contribution in [1.29, 1.82) is 0 Å². The number of carboxylic acid groups (broad SMARTS) is 1. The van der Waals surface area contributed by atoms with Crippen LogP contribution in [0.3, 0.4) is 0 Å². The molecule has 2 rings (SSSR count). The van der Waals surface area contributed by atoms with Gasteiger partial charge in [0.2, 0.25) is 0 Å². The van der Waals surface area contributed by atoms with Gasteiger partial charge in [0, 0.05) is 12.2 Å². The van der Waals surface area contributed by atoms with Gasteiger partial charge in [-0.05, 0) is 37.1 Å². The van der Waals surface area contributed by atoms with E-state index in [-0.39, 0.29) is 5.75 Å². The third-order valence-corrected chi connectivity index (χ3v) is 2.72. The molecule has 0 spiro atoms. The molecule has 1 aromatic carbocycles. The standard InChI is InChI=1S/C11H13NO3/c13-9-5-3-8(4-6-9)12-7-1-2-10(12)11(14)15/h3-6,10,13H,1-2,7H2,(H,14,15)/t10-/m1/s1. The summed E-state index contributed by atoms with van der Waals surface area (Å²) in [5.74, 6) is -0.578. The smallest absolute Gasteiger partial charge is 0.326 e. The number of benzene rings is 1. The zero-order valence-electron chi connectivity index (χ0n) is 8.26. The Morgan fingerprint density at radius 1 is 1.33 bits per heavy atom. The second-order valence-electron chi connectivity index (χ2n) is 3.71. The van der Waals surface area contributed by atoms with Crippen molar-refractivity contribution in [2.24, 2.45) is 0 Å². The first-order chi connectivity index (χ1) is 7.18. The Morgan fingerprint density at radius 3 is 2.60 bits per heavy atom. The van der Waals surface area contributed by atoms with Crippen molar-refractivity contribution in [3.63, 3.8) is 0 Å². The van der Waals surface area contributed by atoms with Crippen molar-refractivity contribution in [1.82, 2.24) is 0 Å². The lowest BCUT2D eigenvalue weighted by atomic mass is 10.2. The summed E-state index contributed by atoms with van der Waals surface area (Å²) in [5, 5.41) is 18.1. The Balaban J connectivity index is 2.22. The third-order valence-electron chi connectivity index (χ3n) is 2.72. The van der Waals surface area contributed by atoms with Crippen molar-refractivity contribution in [3.05, 3.63) is 24.3 Å². The molecule has 1 aliphatic heterocycles. The van der Waals surface area contributed by atoms with Crippen molar-refractivity contribution in [3.8, 4) is 5.75 Å². The lowest BCUT2D eigenvalue weighted by molar-refractivity contribution is -0.138. The van der Waals surface area contributed by atoms with Gasteiger partial charge in [-0.1, -0.05) is 0 Å². The molecule has 1 aliphatic rings. The maximum absolute atomic E-state index is 11.0. The molecule has 1 fully saturated rings. The van der Waals surface area contributed by atoms with Gasteiger partial charge in [-0.15, -0.1) is 0 Å². The molecule has 0 amide bonds. The predicted octanol–water partition coefficient (Wildman–Crippen LogP) is 1.45. The molecule has 80 valence electrons. The molecular formula is C11H13NO3. The van der Waals surface area contributed by atoms with Crippen LogP contribution in [0.25, 0.3) is 0 Å². The van der Waals surface area contributed by atoms with Gasteiger partial charge in [0.05, 0.1) is 0 Å². The van der Waals surface area contributed by atoms with E-state index in [4.69, 9.17) is 10.2 Å². The van der Waals surface area contributed by atoms with E-state index in [1.807, 2.05) is 4.90 Å². The van der Waals surface area contributed by atoms with Gasteiger partial charge in [0.25, 0.3) is 0 Å². The van der Waals surface area contributed by atoms with Crippen molar-refractivity contribution in [2.45, 2.75) is 18.9 Å². The van der Waals surface area contributed by atoms with Gasteiger partial charge in [0.15, 0.2) is 0 Å². The lowest BCUT2D eigenvalue weighted by Gasteiger charge is -2.23. The minimum absolute atomic E-state index is 0.199. The Bertz CT molecular complexity index is 361. The zero-order chi connectivity index (χ0) is 10.8. The number of nitrogens with zero attached hydrogens (tertiary/aromatic N) is 1. The Kier molecular flexibility index (Phi) is 2.49. The number of aromatic hydroxyl groups is 1. The van der Waals surface area contributed by atoms with Crippen LogP contribution >= 0.6 is 0 Å². The van der Waals surface area contributed by atoms with Crippen LogP contribution in [0.4, 0.5) is 5.69 Å². The number of carbonyl (C=O) groups is 1. The highest BCUT2D eigenvalue weighted by Gasteiger charge is 2.30. The average molecular weight is 207 g/mol. The number of hydrogen-bond acceptors (Lipinski definition) is 3. The second-order valence-corrected chi connectivity index (χ2v) is 3.71. The van der Waals surface area contributed by atoms with Crippen LogP contribution in [-0.2, 0) is 4.79 Å². The highest BCUT2D eigenvalue weighted by atomic mass is 16.4. The highest BCUT2D eigenvalue weighted by Crippen LogP contribution is 2.26. The SMILES string of the molecule is O=C(O)[C@H]1CCCN1c1ccc(O)cc1. The van der Waals surface area contributed by atoms with Gasteiger partial charge < -0.3 is 15.1 Å². The molecule has 1 heterocycles. The summed E-state index contributed by atoms with van der Waals surface area (Å²) in [6, 6.07) is 6.22. The number of aliphatic carboxylic acids is 1.